The first kappa shape index (κ1) is 26.2. The van der Waals surface area contributed by atoms with Crippen molar-refractivity contribution in [1.29, 1.82) is 0 Å². The molecule has 2 aromatic rings. The van der Waals surface area contributed by atoms with Crippen LogP contribution in [0.3, 0.4) is 0 Å². The molecule has 1 amide bonds. The lowest BCUT2D eigenvalue weighted by molar-refractivity contribution is -0.140. The minimum Gasteiger partial charge on any atom is -0.376 e. The number of halogens is 3. The van der Waals surface area contributed by atoms with Crippen molar-refractivity contribution < 1.29 is 14.3 Å². The van der Waals surface area contributed by atoms with E-state index in [9.17, 15) is 4.79 Å². The summed E-state index contributed by atoms with van der Waals surface area (Å²) in [5, 5.41) is 1.84. The molecule has 2 aliphatic heterocycles. The van der Waals surface area contributed by atoms with Crippen LogP contribution in [0.5, 0.6) is 0 Å². The molecule has 0 spiro atoms. The zero-order valence-corrected chi connectivity index (χ0v) is 22.1. The topological polar surface area (TPSA) is 38.8 Å². The standard InChI is InChI=1S/C28H30Cl3NO3/c1-2-27(33)32-14-12-28(13-15-32,22-7-9-23(29)10-8-22)35-19-20-5-3-4-6-24(20)21-17-26(31)25(30)11-16-34-18-21/h3-10,17H,2,11-16,18-19H2,1H3/b21-17-,26-25-. The van der Waals surface area contributed by atoms with Crippen LogP contribution in [0.4, 0.5) is 0 Å². The zero-order chi connectivity index (χ0) is 24.8. The highest BCUT2D eigenvalue weighted by molar-refractivity contribution is 6.40. The summed E-state index contributed by atoms with van der Waals surface area (Å²) >= 11 is 18.9. The van der Waals surface area contributed by atoms with Gasteiger partial charge in [-0.15, -0.1) is 0 Å². The number of likely N-dealkylation sites (tertiary alicyclic amines) is 1. The Bertz CT molecular complexity index is 1100. The van der Waals surface area contributed by atoms with Crippen LogP contribution in [-0.4, -0.2) is 37.1 Å². The van der Waals surface area contributed by atoms with Crippen LogP contribution in [0.1, 0.15) is 49.3 Å². The van der Waals surface area contributed by atoms with Gasteiger partial charge >= 0.3 is 0 Å². The molecule has 2 aromatic carbocycles. The van der Waals surface area contributed by atoms with Gasteiger partial charge in [0.2, 0.25) is 5.91 Å². The molecule has 0 saturated carbocycles. The highest BCUT2D eigenvalue weighted by atomic mass is 35.5. The van der Waals surface area contributed by atoms with Crippen molar-refractivity contribution in [3.8, 4) is 0 Å². The smallest absolute Gasteiger partial charge is 0.222 e. The van der Waals surface area contributed by atoms with Crippen LogP contribution in [0.15, 0.2) is 64.7 Å². The molecule has 1 saturated heterocycles. The molecule has 4 nitrogen and oxygen atoms in total. The van der Waals surface area contributed by atoms with E-state index >= 15 is 0 Å². The maximum absolute atomic E-state index is 12.3. The average molecular weight is 535 g/mol. The first-order valence-corrected chi connectivity index (χ1v) is 13.1. The molecule has 2 heterocycles. The van der Waals surface area contributed by atoms with E-state index in [0.29, 0.717) is 60.8 Å². The number of carbonyl (C=O) groups is 1. The highest BCUT2D eigenvalue weighted by Crippen LogP contribution is 2.39. The molecule has 0 bridgehead atoms. The van der Waals surface area contributed by atoms with E-state index in [0.717, 1.165) is 35.1 Å². The summed E-state index contributed by atoms with van der Waals surface area (Å²) in [5.41, 5.74) is 3.62. The summed E-state index contributed by atoms with van der Waals surface area (Å²) in [7, 11) is 0. The summed E-state index contributed by atoms with van der Waals surface area (Å²) < 4.78 is 12.6. The first-order chi connectivity index (χ1) is 16.9. The molecule has 35 heavy (non-hydrogen) atoms. The van der Waals surface area contributed by atoms with Crippen LogP contribution in [0.2, 0.25) is 5.02 Å². The Balaban J connectivity index is 1.61. The van der Waals surface area contributed by atoms with Crippen molar-refractivity contribution in [2.24, 2.45) is 0 Å². The summed E-state index contributed by atoms with van der Waals surface area (Å²) in [5.74, 6) is 0.180. The maximum Gasteiger partial charge on any atom is 0.222 e. The van der Waals surface area contributed by atoms with Gasteiger partial charge in [-0.2, -0.15) is 0 Å². The van der Waals surface area contributed by atoms with Crippen molar-refractivity contribution in [3.63, 3.8) is 0 Å². The molecular formula is C28H30Cl3NO3. The summed E-state index contributed by atoms with van der Waals surface area (Å²) in [6, 6.07) is 16.0. The molecule has 0 N–H and O–H groups in total. The summed E-state index contributed by atoms with van der Waals surface area (Å²) in [6.45, 7) is 4.61. The fourth-order valence-corrected chi connectivity index (χ4v) is 5.16. The predicted molar refractivity (Wildman–Crippen MR) is 143 cm³/mol. The number of allylic oxidation sites excluding steroid dienone is 2. The van der Waals surface area contributed by atoms with Gasteiger partial charge in [0, 0.05) is 36.0 Å². The Morgan fingerprint density at radius 3 is 2.49 bits per heavy atom. The second-order valence-corrected chi connectivity index (χ2v) is 10.2. The Morgan fingerprint density at radius 2 is 1.77 bits per heavy atom. The van der Waals surface area contributed by atoms with Gasteiger partial charge in [-0.3, -0.25) is 4.79 Å². The van der Waals surface area contributed by atoms with Gasteiger partial charge < -0.3 is 14.4 Å². The zero-order valence-electron chi connectivity index (χ0n) is 19.9. The molecule has 2 aliphatic rings. The van der Waals surface area contributed by atoms with Gasteiger partial charge in [-0.05, 0) is 53.3 Å². The van der Waals surface area contributed by atoms with Crippen molar-refractivity contribution in [2.45, 2.75) is 44.8 Å². The van der Waals surface area contributed by atoms with E-state index in [2.05, 4.69) is 12.1 Å². The number of carbonyl (C=O) groups excluding carboxylic acids is 1. The SMILES string of the molecule is CCC(=O)N1CCC(OCc2ccccc2/C2=C\C(Cl)=C(\Cl)CCOC2)(c2ccc(Cl)cc2)CC1. The van der Waals surface area contributed by atoms with Crippen molar-refractivity contribution >= 4 is 46.3 Å². The van der Waals surface area contributed by atoms with Gasteiger partial charge in [0.25, 0.3) is 0 Å². The molecular weight excluding hydrogens is 505 g/mol. The van der Waals surface area contributed by atoms with Gasteiger partial charge in [0.1, 0.15) is 0 Å². The molecule has 0 radical (unpaired) electrons. The number of piperidine rings is 1. The fraction of sp³-hybridized carbons (Fsp3) is 0.393. The number of nitrogens with zero attached hydrogens (tertiary/aromatic N) is 1. The molecule has 0 aromatic heterocycles. The van der Waals surface area contributed by atoms with Gasteiger partial charge in [0.15, 0.2) is 0 Å². The van der Waals surface area contributed by atoms with E-state index in [4.69, 9.17) is 44.3 Å². The average Bonchev–Trinajstić information content (AvgIpc) is 2.88. The molecule has 7 heteroatoms. The predicted octanol–water partition coefficient (Wildman–Crippen LogP) is 7.28. The normalized spacial score (nSPS) is 22.2. The largest absolute Gasteiger partial charge is 0.376 e. The number of amides is 1. The van der Waals surface area contributed by atoms with E-state index in [-0.39, 0.29) is 5.91 Å². The molecule has 0 atom stereocenters. The third-order valence-corrected chi connectivity index (χ3v) is 7.83. The number of hydrogen-bond acceptors (Lipinski definition) is 3. The fourth-order valence-electron chi connectivity index (χ4n) is 4.68. The lowest BCUT2D eigenvalue weighted by Gasteiger charge is -2.42. The van der Waals surface area contributed by atoms with E-state index < -0.39 is 5.60 Å². The maximum atomic E-state index is 12.3. The number of benzene rings is 2. The van der Waals surface area contributed by atoms with E-state index in [1.807, 2.05) is 54.3 Å². The quantitative estimate of drug-likeness (QED) is 0.391. The van der Waals surface area contributed by atoms with E-state index in [1.54, 1.807) is 0 Å². The van der Waals surface area contributed by atoms with Gasteiger partial charge in [0.05, 0.1) is 30.5 Å². The van der Waals surface area contributed by atoms with Crippen LogP contribution in [0.25, 0.3) is 5.57 Å². The molecule has 0 aliphatic carbocycles. The first-order valence-electron chi connectivity index (χ1n) is 12.0. The summed E-state index contributed by atoms with van der Waals surface area (Å²) in [4.78, 5) is 14.2. The summed E-state index contributed by atoms with van der Waals surface area (Å²) in [6.07, 6.45) is 4.46. The highest BCUT2D eigenvalue weighted by Gasteiger charge is 2.38. The third kappa shape index (κ3) is 6.31. The monoisotopic (exact) mass is 533 g/mol. The van der Waals surface area contributed by atoms with Crippen molar-refractivity contribution in [2.75, 3.05) is 26.3 Å². The molecule has 186 valence electrons. The van der Waals surface area contributed by atoms with Crippen LogP contribution in [-0.2, 0) is 26.5 Å². The second-order valence-electron chi connectivity index (χ2n) is 8.91. The van der Waals surface area contributed by atoms with Gasteiger partial charge in [-0.1, -0.05) is 78.1 Å². The van der Waals surface area contributed by atoms with E-state index in [1.165, 1.54) is 0 Å². The van der Waals surface area contributed by atoms with Gasteiger partial charge in [-0.25, -0.2) is 0 Å². The molecule has 4 rings (SSSR count). The minimum atomic E-state index is -0.505. The lowest BCUT2D eigenvalue weighted by Crippen LogP contribution is -2.46. The number of hydrogen-bond donors (Lipinski definition) is 0. The molecule has 0 unspecified atom stereocenters. The molecule has 1 fully saturated rings. The number of ether oxygens (including phenoxy) is 2. The van der Waals surface area contributed by atoms with Crippen LogP contribution in [0, 0.1) is 0 Å². The Kier molecular flexibility index (Phi) is 8.96. The number of rotatable bonds is 6. The van der Waals surface area contributed by atoms with Crippen molar-refractivity contribution in [3.05, 3.63) is 86.4 Å². The lowest BCUT2D eigenvalue weighted by atomic mass is 9.83. The second kappa shape index (κ2) is 11.9. The van der Waals surface area contributed by atoms with Crippen LogP contribution < -0.4 is 0 Å². The Hall–Kier alpha value is -1.82. The van der Waals surface area contributed by atoms with Crippen LogP contribution >= 0.6 is 34.8 Å². The Labute approximate surface area is 222 Å². The van der Waals surface area contributed by atoms with Crippen molar-refractivity contribution in [1.82, 2.24) is 4.90 Å². The minimum absolute atomic E-state index is 0.180. The third-order valence-electron chi connectivity index (χ3n) is 6.75. The Morgan fingerprint density at radius 1 is 1.06 bits per heavy atom.